The fraction of sp³-hybridized carbons (Fsp3) is 0.167. The normalized spacial score (nSPS) is 13.1. The molecule has 1 aliphatic carbocycles. The predicted molar refractivity (Wildman–Crippen MR) is 90.8 cm³/mol. The number of carboxylic acid groups (broad SMARTS) is 1. The molecule has 1 aliphatic rings. The summed E-state index contributed by atoms with van der Waals surface area (Å²) in [5.41, 5.74) is 0.933. The van der Waals surface area contributed by atoms with E-state index in [0.717, 1.165) is 12.8 Å². The molecule has 2 amide bonds. The molecule has 1 saturated carbocycles. The van der Waals surface area contributed by atoms with E-state index in [1.54, 1.807) is 24.3 Å². The van der Waals surface area contributed by atoms with Gasteiger partial charge >= 0.3 is 5.97 Å². The maximum atomic E-state index is 12.2. The molecular formula is C18H16N2O5. The molecule has 4 N–H and O–H groups in total. The van der Waals surface area contributed by atoms with E-state index in [4.69, 9.17) is 5.11 Å². The van der Waals surface area contributed by atoms with Gasteiger partial charge < -0.3 is 20.8 Å². The van der Waals surface area contributed by atoms with Crippen LogP contribution in [0.15, 0.2) is 42.5 Å². The fourth-order valence-electron chi connectivity index (χ4n) is 2.28. The maximum Gasteiger partial charge on any atom is 0.339 e. The maximum absolute atomic E-state index is 12.2. The summed E-state index contributed by atoms with van der Waals surface area (Å²) in [6, 6.07) is 10.2. The summed E-state index contributed by atoms with van der Waals surface area (Å²) < 4.78 is 0. The summed E-state index contributed by atoms with van der Waals surface area (Å²) in [5, 5.41) is 23.8. The van der Waals surface area contributed by atoms with Crippen molar-refractivity contribution >= 4 is 29.2 Å². The van der Waals surface area contributed by atoms with Gasteiger partial charge in [-0.3, -0.25) is 9.59 Å². The number of amides is 2. The van der Waals surface area contributed by atoms with Gasteiger partial charge in [-0.15, -0.1) is 0 Å². The number of phenols is 1. The Balaban J connectivity index is 1.67. The number of benzene rings is 2. The van der Waals surface area contributed by atoms with Crippen molar-refractivity contribution in [3.05, 3.63) is 53.6 Å². The van der Waals surface area contributed by atoms with E-state index in [0.29, 0.717) is 11.3 Å². The van der Waals surface area contributed by atoms with Crippen LogP contribution in [0, 0.1) is 5.92 Å². The lowest BCUT2D eigenvalue weighted by Crippen LogP contribution is -2.14. The SMILES string of the molecule is O=C(Nc1ccc(O)c(C(=O)O)c1)c1ccc(NC(=O)C2CC2)cc1. The highest BCUT2D eigenvalue weighted by Gasteiger charge is 2.29. The molecule has 0 bridgehead atoms. The Morgan fingerprint density at radius 3 is 2.16 bits per heavy atom. The van der Waals surface area contributed by atoms with Crippen LogP contribution in [0.1, 0.15) is 33.6 Å². The standard InChI is InChI=1S/C18H16N2O5/c21-15-8-7-13(9-14(15)18(24)25)20-17(23)11-3-5-12(6-4-11)19-16(22)10-1-2-10/h3-10,21H,1-2H2,(H,19,22)(H,20,23)(H,24,25). The second kappa shape index (κ2) is 6.64. The van der Waals surface area contributed by atoms with Crippen molar-refractivity contribution in [3.63, 3.8) is 0 Å². The largest absolute Gasteiger partial charge is 0.507 e. The highest BCUT2D eigenvalue weighted by molar-refractivity contribution is 6.05. The van der Waals surface area contributed by atoms with Gasteiger partial charge in [0.05, 0.1) is 0 Å². The lowest BCUT2D eigenvalue weighted by atomic mass is 10.1. The molecule has 7 nitrogen and oxygen atoms in total. The Hall–Kier alpha value is -3.35. The molecule has 0 aliphatic heterocycles. The topological polar surface area (TPSA) is 116 Å². The Bertz CT molecular complexity index is 841. The minimum atomic E-state index is -1.29. The van der Waals surface area contributed by atoms with Crippen molar-refractivity contribution in [1.82, 2.24) is 0 Å². The van der Waals surface area contributed by atoms with Gasteiger partial charge in [0, 0.05) is 22.9 Å². The summed E-state index contributed by atoms with van der Waals surface area (Å²) in [6.07, 6.45) is 1.83. The van der Waals surface area contributed by atoms with Crippen LogP contribution in [-0.2, 0) is 4.79 Å². The molecule has 0 radical (unpaired) electrons. The zero-order valence-electron chi connectivity index (χ0n) is 13.2. The first-order valence-corrected chi connectivity index (χ1v) is 7.72. The van der Waals surface area contributed by atoms with Gasteiger partial charge in [-0.25, -0.2) is 4.79 Å². The summed E-state index contributed by atoms with van der Waals surface area (Å²) in [7, 11) is 0. The number of aromatic carboxylic acids is 1. The van der Waals surface area contributed by atoms with E-state index in [9.17, 15) is 19.5 Å². The quantitative estimate of drug-likeness (QED) is 0.625. The minimum absolute atomic E-state index is 0.0116. The van der Waals surface area contributed by atoms with Gasteiger partial charge in [0.25, 0.3) is 5.91 Å². The van der Waals surface area contributed by atoms with Gasteiger partial charge in [-0.2, -0.15) is 0 Å². The van der Waals surface area contributed by atoms with E-state index in [2.05, 4.69) is 10.6 Å². The van der Waals surface area contributed by atoms with Crippen LogP contribution in [0.25, 0.3) is 0 Å². The smallest absolute Gasteiger partial charge is 0.339 e. The summed E-state index contributed by atoms with van der Waals surface area (Å²) in [4.78, 5) is 34.9. The Kier molecular flexibility index (Phi) is 4.38. The summed E-state index contributed by atoms with van der Waals surface area (Å²) in [6.45, 7) is 0. The molecule has 0 heterocycles. The first kappa shape index (κ1) is 16.5. The second-order valence-corrected chi connectivity index (χ2v) is 5.83. The van der Waals surface area contributed by atoms with Crippen LogP contribution < -0.4 is 10.6 Å². The number of nitrogens with one attached hydrogen (secondary N) is 2. The van der Waals surface area contributed by atoms with Crippen LogP contribution in [0.4, 0.5) is 11.4 Å². The number of hydrogen-bond donors (Lipinski definition) is 4. The third kappa shape index (κ3) is 3.95. The van der Waals surface area contributed by atoms with E-state index in [1.807, 2.05) is 0 Å². The molecule has 7 heteroatoms. The Morgan fingerprint density at radius 2 is 1.56 bits per heavy atom. The molecule has 0 saturated heterocycles. The monoisotopic (exact) mass is 340 g/mol. The molecule has 128 valence electrons. The molecule has 0 aromatic heterocycles. The predicted octanol–water partition coefficient (Wildman–Crippen LogP) is 2.69. The van der Waals surface area contributed by atoms with Gasteiger partial charge in [0.2, 0.25) is 5.91 Å². The molecule has 0 atom stereocenters. The van der Waals surface area contributed by atoms with Crippen molar-refractivity contribution in [2.24, 2.45) is 5.92 Å². The molecule has 3 rings (SSSR count). The molecule has 0 spiro atoms. The van der Waals surface area contributed by atoms with Crippen LogP contribution >= 0.6 is 0 Å². The third-order valence-corrected chi connectivity index (χ3v) is 3.85. The van der Waals surface area contributed by atoms with Crippen molar-refractivity contribution in [3.8, 4) is 5.75 Å². The molecule has 2 aromatic rings. The Labute approximate surface area is 143 Å². The van der Waals surface area contributed by atoms with Gasteiger partial charge in [-0.1, -0.05) is 0 Å². The molecule has 2 aromatic carbocycles. The van der Waals surface area contributed by atoms with Crippen LogP contribution in [0.2, 0.25) is 0 Å². The van der Waals surface area contributed by atoms with Crippen molar-refractivity contribution < 1.29 is 24.6 Å². The highest BCUT2D eigenvalue weighted by Crippen LogP contribution is 2.30. The lowest BCUT2D eigenvalue weighted by Gasteiger charge is -2.08. The number of carbonyl (C=O) groups is 3. The molecule has 1 fully saturated rings. The van der Waals surface area contributed by atoms with Crippen molar-refractivity contribution in [1.29, 1.82) is 0 Å². The van der Waals surface area contributed by atoms with Crippen molar-refractivity contribution in [2.45, 2.75) is 12.8 Å². The number of rotatable bonds is 5. The lowest BCUT2D eigenvalue weighted by molar-refractivity contribution is -0.117. The van der Waals surface area contributed by atoms with Crippen LogP contribution in [-0.4, -0.2) is 28.0 Å². The van der Waals surface area contributed by atoms with Gasteiger partial charge in [0.1, 0.15) is 11.3 Å². The zero-order chi connectivity index (χ0) is 18.0. The third-order valence-electron chi connectivity index (χ3n) is 3.85. The number of carbonyl (C=O) groups excluding carboxylic acids is 2. The van der Waals surface area contributed by atoms with Crippen LogP contribution in [0.5, 0.6) is 5.75 Å². The molecular weight excluding hydrogens is 324 g/mol. The zero-order valence-corrected chi connectivity index (χ0v) is 13.2. The van der Waals surface area contributed by atoms with Gasteiger partial charge in [-0.05, 0) is 55.3 Å². The first-order valence-electron chi connectivity index (χ1n) is 7.72. The average Bonchev–Trinajstić information content (AvgIpc) is 3.42. The minimum Gasteiger partial charge on any atom is -0.507 e. The molecule has 0 unspecified atom stereocenters. The fourth-order valence-corrected chi connectivity index (χ4v) is 2.28. The van der Waals surface area contributed by atoms with Gasteiger partial charge in [0.15, 0.2) is 0 Å². The van der Waals surface area contributed by atoms with E-state index >= 15 is 0 Å². The summed E-state index contributed by atoms with van der Waals surface area (Å²) in [5.74, 6) is -2.00. The van der Waals surface area contributed by atoms with E-state index < -0.39 is 11.9 Å². The first-order chi connectivity index (χ1) is 11.9. The number of anilines is 2. The van der Waals surface area contributed by atoms with Crippen molar-refractivity contribution in [2.75, 3.05) is 10.6 Å². The number of carboxylic acids is 1. The summed E-state index contributed by atoms with van der Waals surface area (Å²) >= 11 is 0. The number of aromatic hydroxyl groups is 1. The van der Waals surface area contributed by atoms with E-state index in [-0.39, 0.29) is 28.8 Å². The van der Waals surface area contributed by atoms with Crippen LogP contribution in [0.3, 0.4) is 0 Å². The van der Waals surface area contributed by atoms with E-state index in [1.165, 1.54) is 18.2 Å². The number of hydrogen-bond acceptors (Lipinski definition) is 4. The Morgan fingerprint density at radius 1 is 0.920 bits per heavy atom. The average molecular weight is 340 g/mol. The second-order valence-electron chi connectivity index (χ2n) is 5.83. The highest BCUT2D eigenvalue weighted by atomic mass is 16.4. The molecule has 25 heavy (non-hydrogen) atoms.